The van der Waals surface area contributed by atoms with Gasteiger partial charge in [0.05, 0.1) is 6.10 Å². The number of benzene rings is 1. The Balaban J connectivity index is 0.00000256. The van der Waals surface area contributed by atoms with E-state index in [0.29, 0.717) is 30.5 Å². The number of rotatable bonds is 6. The monoisotopic (exact) mass is 435 g/mol. The lowest BCUT2D eigenvalue weighted by molar-refractivity contribution is -0.128. The lowest BCUT2D eigenvalue weighted by Gasteiger charge is -2.43. The lowest BCUT2D eigenvalue weighted by atomic mass is 9.65. The fourth-order valence-electron chi connectivity index (χ4n) is 5.27. The van der Waals surface area contributed by atoms with Crippen LogP contribution >= 0.6 is 12.4 Å². The fourth-order valence-corrected chi connectivity index (χ4v) is 5.27. The summed E-state index contributed by atoms with van der Waals surface area (Å²) in [5, 5.41) is 6.03. The van der Waals surface area contributed by atoms with Crippen LogP contribution in [-0.2, 0) is 16.1 Å². The molecule has 1 aromatic carbocycles. The van der Waals surface area contributed by atoms with Gasteiger partial charge in [0.1, 0.15) is 0 Å². The number of hydrogen-bond acceptors (Lipinski definition) is 4. The second kappa shape index (κ2) is 10.6. The van der Waals surface area contributed by atoms with Crippen LogP contribution in [0.2, 0.25) is 0 Å². The minimum Gasteiger partial charge on any atom is -0.376 e. The third kappa shape index (κ3) is 5.54. The standard InChI is InChI=1S/C23H33N3O3.ClH/c24-21-16-5-2-6-17(21)12-19(11-16)23(28)25-13-15-4-1-7-18(10-15)22(27)26-14-20-8-3-9-29-20;/h1,4,7,10,16-17,19-21H,2-3,5-6,8-9,11-14,24H2,(H,25,28)(H,26,27);1H. The van der Waals surface area contributed by atoms with Crippen LogP contribution < -0.4 is 16.4 Å². The topological polar surface area (TPSA) is 93.5 Å². The lowest BCUT2D eigenvalue weighted by Crippen LogP contribution is -2.49. The van der Waals surface area contributed by atoms with Gasteiger partial charge >= 0.3 is 0 Å². The first kappa shape index (κ1) is 23.0. The first-order valence-electron chi connectivity index (χ1n) is 11.1. The maximum Gasteiger partial charge on any atom is 0.251 e. The van der Waals surface area contributed by atoms with Crippen LogP contribution in [0.15, 0.2) is 24.3 Å². The Morgan fingerprint density at radius 2 is 1.83 bits per heavy atom. The molecule has 2 saturated carbocycles. The molecule has 1 aromatic rings. The summed E-state index contributed by atoms with van der Waals surface area (Å²) in [5.41, 5.74) is 7.90. The van der Waals surface area contributed by atoms with E-state index in [1.165, 1.54) is 6.42 Å². The molecule has 0 radical (unpaired) electrons. The van der Waals surface area contributed by atoms with Crippen molar-refractivity contribution in [3.63, 3.8) is 0 Å². The third-order valence-corrected chi connectivity index (χ3v) is 6.95. The van der Waals surface area contributed by atoms with Crippen LogP contribution in [0.5, 0.6) is 0 Å². The molecule has 3 atom stereocenters. The Labute approximate surface area is 185 Å². The smallest absolute Gasteiger partial charge is 0.251 e. The van der Waals surface area contributed by atoms with E-state index in [9.17, 15) is 9.59 Å². The molecule has 2 bridgehead atoms. The zero-order valence-corrected chi connectivity index (χ0v) is 18.3. The minimum absolute atomic E-state index is 0. The molecule has 1 aliphatic heterocycles. The Morgan fingerprint density at radius 3 is 2.53 bits per heavy atom. The molecule has 4 N–H and O–H groups in total. The number of halogens is 1. The number of amides is 2. The van der Waals surface area contributed by atoms with E-state index in [1.54, 1.807) is 6.07 Å². The molecule has 166 valence electrons. The predicted octanol–water partition coefficient (Wildman–Crippen LogP) is 2.79. The predicted molar refractivity (Wildman–Crippen MR) is 118 cm³/mol. The molecule has 7 heteroatoms. The molecule has 30 heavy (non-hydrogen) atoms. The second-order valence-corrected chi connectivity index (χ2v) is 8.96. The van der Waals surface area contributed by atoms with Crippen LogP contribution in [0.25, 0.3) is 0 Å². The van der Waals surface area contributed by atoms with Gasteiger partial charge in [-0.3, -0.25) is 9.59 Å². The summed E-state index contributed by atoms with van der Waals surface area (Å²) < 4.78 is 5.55. The summed E-state index contributed by atoms with van der Waals surface area (Å²) in [6.07, 6.45) is 7.58. The number of carbonyl (C=O) groups is 2. The van der Waals surface area contributed by atoms with Crippen molar-refractivity contribution >= 4 is 24.2 Å². The van der Waals surface area contributed by atoms with Crippen molar-refractivity contribution in [3.05, 3.63) is 35.4 Å². The summed E-state index contributed by atoms with van der Waals surface area (Å²) in [6, 6.07) is 7.75. The van der Waals surface area contributed by atoms with Crippen molar-refractivity contribution in [2.45, 2.75) is 63.6 Å². The van der Waals surface area contributed by atoms with Gasteiger partial charge in [0, 0.05) is 37.2 Å². The molecule has 3 fully saturated rings. The fraction of sp³-hybridized carbons (Fsp3) is 0.652. The maximum atomic E-state index is 12.7. The van der Waals surface area contributed by atoms with Crippen molar-refractivity contribution in [1.82, 2.24) is 10.6 Å². The Morgan fingerprint density at radius 1 is 1.07 bits per heavy atom. The molecule has 4 rings (SSSR count). The highest BCUT2D eigenvalue weighted by molar-refractivity contribution is 5.94. The summed E-state index contributed by atoms with van der Waals surface area (Å²) in [5.74, 6) is 1.09. The molecule has 1 saturated heterocycles. The van der Waals surface area contributed by atoms with Crippen LogP contribution in [0, 0.1) is 17.8 Å². The number of nitrogens with two attached hydrogens (primary N) is 1. The van der Waals surface area contributed by atoms with E-state index >= 15 is 0 Å². The molecular formula is C23H34ClN3O3. The molecule has 3 aliphatic rings. The maximum absolute atomic E-state index is 12.7. The normalized spacial score (nSPS) is 30.2. The number of carbonyl (C=O) groups excluding carboxylic acids is 2. The van der Waals surface area contributed by atoms with E-state index in [0.717, 1.165) is 50.7 Å². The number of fused-ring (bicyclic) bond motifs is 2. The molecule has 1 heterocycles. The van der Waals surface area contributed by atoms with Crippen molar-refractivity contribution in [2.24, 2.45) is 23.5 Å². The van der Waals surface area contributed by atoms with Gasteiger partial charge in [-0.2, -0.15) is 0 Å². The molecule has 2 amide bonds. The first-order chi connectivity index (χ1) is 14.1. The zero-order chi connectivity index (χ0) is 20.2. The molecule has 2 aliphatic carbocycles. The Kier molecular flexibility index (Phi) is 8.14. The van der Waals surface area contributed by atoms with Gasteiger partial charge in [0.2, 0.25) is 5.91 Å². The molecule has 6 nitrogen and oxygen atoms in total. The van der Waals surface area contributed by atoms with Gasteiger partial charge in [0.15, 0.2) is 0 Å². The Bertz CT molecular complexity index is 724. The highest BCUT2D eigenvalue weighted by Crippen LogP contribution is 2.41. The summed E-state index contributed by atoms with van der Waals surface area (Å²) in [6.45, 7) is 1.78. The second-order valence-electron chi connectivity index (χ2n) is 8.96. The largest absolute Gasteiger partial charge is 0.376 e. The van der Waals surface area contributed by atoms with Gasteiger partial charge in [-0.15, -0.1) is 12.4 Å². The third-order valence-electron chi connectivity index (χ3n) is 6.95. The van der Waals surface area contributed by atoms with Crippen molar-refractivity contribution in [1.29, 1.82) is 0 Å². The number of nitrogens with one attached hydrogen (secondary N) is 2. The van der Waals surface area contributed by atoms with Crippen LogP contribution in [-0.4, -0.2) is 37.1 Å². The van der Waals surface area contributed by atoms with Crippen LogP contribution in [0.1, 0.15) is 60.9 Å². The molecular weight excluding hydrogens is 402 g/mol. The Hall–Kier alpha value is -1.63. The summed E-state index contributed by atoms with van der Waals surface area (Å²) >= 11 is 0. The molecule has 0 aromatic heterocycles. The summed E-state index contributed by atoms with van der Waals surface area (Å²) in [4.78, 5) is 25.1. The van der Waals surface area contributed by atoms with E-state index < -0.39 is 0 Å². The van der Waals surface area contributed by atoms with E-state index in [-0.39, 0.29) is 42.3 Å². The van der Waals surface area contributed by atoms with Gasteiger partial charge in [-0.05, 0) is 68.1 Å². The van der Waals surface area contributed by atoms with Crippen LogP contribution in [0.4, 0.5) is 0 Å². The van der Waals surface area contributed by atoms with Crippen molar-refractivity contribution < 1.29 is 14.3 Å². The number of hydrogen-bond donors (Lipinski definition) is 3. The first-order valence-corrected chi connectivity index (χ1v) is 11.1. The van der Waals surface area contributed by atoms with E-state index in [4.69, 9.17) is 10.5 Å². The highest BCUT2D eigenvalue weighted by Gasteiger charge is 2.40. The van der Waals surface area contributed by atoms with E-state index in [1.807, 2.05) is 18.2 Å². The molecule has 3 unspecified atom stereocenters. The van der Waals surface area contributed by atoms with E-state index in [2.05, 4.69) is 10.6 Å². The van der Waals surface area contributed by atoms with Gasteiger partial charge < -0.3 is 21.1 Å². The quantitative estimate of drug-likeness (QED) is 0.640. The number of ether oxygens (including phenoxy) is 1. The van der Waals surface area contributed by atoms with Crippen molar-refractivity contribution in [2.75, 3.05) is 13.2 Å². The van der Waals surface area contributed by atoms with Gasteiger partial charge in [-0.25, -0.2) is 0 Å². The zero-order valence-electron chi connectivity index (χ0n) is 17.5. The van der Waals surface area contributed by atoms with Gasteiger partial charge in [0.25, 0.3) is 5.91 Å². The van der Waals surface area contributed by atoms with Crippen molar-refractivity contribution in [3.8, 4) is 0 Å². The SMILES string of the molecule is Cl.NC1C2CCCC1CC(C(=O)NCc1cccc(C(=O)NCC3CCCO3)c1)C2. The summed E-state index contributed by atoms with van der Waals surface area (Å²) in [7, 11) is 0. The highest BCUT2D eigenvalue weighted by atomic mass is 35.5. The molecule has 0 spiro atoms. The van der Waals surface area contributed by atoms with Gasteiger partial charge in [-0.1, -0.05) is 18.6 Å². The minimum atomic E-state index is -0.0947. The average Bonchev–Trinajstić information content (AvgIpc) is 3.24. The van der Waals surface area contributed by atoms with Crippen LogP contribution in [0.3, 0.4) is 0 Å². The average molecular weight is 436 g/mol.